The summed E-state index contributed by atoms with van der Waals surface area (Å²) in [4.78, 5) is 12.8. The van der Waals surface area contributed by atoms with Crippen LogP contribution < -0.4 is 4.72 Å². The van der Waals surface area contributed by atoms with Crippen LogP contribution in [0.4, 0.5) is 5.69 Å². The Hall–Kier alpha value is -3.43. The van der Waals surface area contributed by atoms with E-state index in [1.165, 1.54) is 37.3 Å². The van der Waals surface area contributed by atoms with Gasteiger partial charge in [-0.15, -0.1) is 0 Å². The fourth-order valence-electron chi connectivity index (χ4n) is 4.33. The highest BCUT2D eigenvalue weighted by molar-refractivity contribution is 7.92. The number of hydrogen-bond donors (Lipinski definition) is 1. The van der Waals surface area contributed by atoms with E-state index in [9.17, 15) is 21.6 Å². The zero-order chi connectivity index (χ0) is 26.3. The normalized spacial score (nSPS) is 12.1. The first-order chi connectivity index (χ1) is 17.0. The topological polar surface area (TPSA) is 102 Å². The first-order valence-corrected chi connectivity index (χ1v) is 14.5. The van der Waals surface area contributed by atoms with E-state index in [1.54, 1.807) is 43.3 Å². The van der Waals surface area contributed by atoms with Crippen LogP contribution in [0.1, 0.15) is 48.0 Å². The monoisotopic (exact) mass is 524 g/mol. The van der Waals surface area contributed by atoms with E-state index in [-0.39, 0.29) is 32.5 Å². The number of aryl methyl sites for hydroxylation is 2. The quantitative estimate of drug-likeness (QED) is 0.315. The molecule has 4 aromatic rings. The van der Waals surface area contributed by atoms with Crippen molar-refractivity contribution in [2.45, 2.75) is 50.3 Å². The molecule has 7 nitrogen and oxygen atoms in total. The predicted molar refractivity (Wildman–Crippen MR) is 142 cm³/mol. The molecule has 1 N–H and O–H groups in total. The SMILES string of the molecule is CCc1ccc(S(=O)(=O)Nc2ccc3c(c2)c(C(C)=O)c(C)n3S(=O)(=O)c2ccc(CC)cc2)cc1. The van der Waals surface area contributed by atoms with Crippen LogP contribution in [0.3, 0.4) is 0 Å². The molecule has 0 aliphatic carbocycles. The largest absolute Gasteiger partial charge is 0.294 e. The molecule has 0 aliphatic rings. The predicted octanol–water partition coefficient (Wildman–Crippen LogP) is 5.31. The second kappa shape index (κ2) is 9.55. The summed E-state index contributed by atoms with van der Waals surface area (Å²) >= 11 is 0. The standard InChI is InChI=1S/C27H28N2O5S2/c1-5-20-7-12-23(13-8-20)35(31,32)28-22-11-16-26-25(17-22)27(19(4)30)18(3)29(26)36(33,34)24-14-9-21(6-2)10-15-24/h7-17,28H,5-6H2,1-4H3. The van der Waals surface area contributed by atoms with Crippen molar-refractivity contribution in [3.63, 3.8) is 0 Å². The van der Waals surface area contributed by atoms with Gasteiger partial charge in [0.05, 0.1) is 15.3 Å². The van der Waals surface area contributed by atoms with Gasteiger partial charge in [0, 0.05) is 22.3 Å². The van der Waals surface area contributed by atoms with Gasteiger partial charge in [0.2, 0.25) is 0 Å². The number of benzene rings is 3. The number of Topliss-reactive ketones (excluding diaryl/α,β-unsaturated/α-hetero) is 1. The average Bonchev–Trinajstić information content (AvgIpc) is 3.15. The van der Waals surface area contributed by atoms with Crippen LogP contribution in [0.2, 0.25) is 0 Å². The van der Waals surface area contributed by atoms with Crippen LogP contribution in [-0.4, -0.2) is 26.6 Å². The lowest BCUT2D eigenvalue weighted by atomic mass is 10.1. The number of carbonyl (C=O) groups excluding carboxylic acids is 1. The number of rotatable bonds is 8. The third-order valence-corrected chi connectivity index (χ3v) is 9.48. The zero-order valence-electron chi connectivity index (χ0n) is 20.6. The van der Waals surface area contributed by atoms with Crippen molar-refractivity contribution in [3.05, 3.63) is 89.1 Å². The second-order valence-electron chi connectivity index (χ2n) is 8.62. The molecule has 0 atom stereocenters. The lowest BCUT2D eigenvalue weighted by Gasteiger charge is -2.12. The van der Waals surface area contributed by atoms with Crippen molar-refractivity contribution in [3.8, 4) is 0 Å². The summed E-state index contributed by atoms with van der Waals surface area (Å²) < 4.78 is 56.8. The van der Waals surface area contributed by atoms with E-state index in [0.717, 1.165) is 27.9 Å². The molecule has 1 aromatic heterocycles. The molecule has 0 fully saturated rings. The molecule has 0 radical (unpaired) electrons. The lowest BCUT2D eigenvalue weighted by Crippen LogP contribution is -2.15. The zero-order valence-corrected chi connectivity index (χ0v) is 22.2. The number of ketones is 1. The fraction of sp³-hybridized carbons (Fsp3) is 0.222. The summed E-state index contributed by atoms with van der Waals surface area (Å²) in [5.41, 5.74) is 3.05. The van der Waals surface area contributed by atoms with Crippen LogP contribution in [-0.2, 0) is 32.9 Å². The second-order valence-corrected chi connectivity index (χ2v) is 12.1. The Morgan fingerprint density at radius 2 is 1.33 bits per heavy atom. The molecule has 3 aromatic carbocycles. The highest BCUT2D eigenvalue weighted by atomic mass is 32.2. The van der Waals surface area contributed by atoms with Crippen molar-refractivity contribution in [2.75, 3.05) is 4.72 Å². The van der Waals surface area contributed by atoms with Gasteiger partial charge in [-0.05, 0) is 80.3 Å². The molecule has 0 spiro atoms. The van der Waals surface area contributed by atoms with Crippen molar-refractivity contribution in [1.82, 2.24) is 3.97 Å². The Balaban J connectivity index is 1.83. The summed E-state index contributed by atoms with van der Waals surface area (Å²) in [6.45, 7) is 6.91. The van der Waals surface area contributed by atoms with Crippen LogP contribution in [0.25, 0.3) is 10.9 Å². The minimum Gasteiger partial charge on any atom is -0.294 e. The van der Waals surface area contributed by atoms with E-state index in [1.807, 2.05) is 13.8 Å². The number of sulfonamides is 1. The van der Waals surface area contributed by atoms with Gasteiger partial charge in [0.25, 0.3) is 20.0 Å². The van der Waals surface area contributed by atoms with Crippen LogP contribution in [0.5, 0.6) is 0 Å². The molecule has 9 heteroatoms. The molecule has 1 heterocycles. The summed E-state index contributed by atoms with van der Waals surface area (Å²) in [7, 11) is -7.89. The van der Waals surface area contributed by atoms with E-state index in [2.05, 4.69) is 4.72 Å². The highest BCUT2D eigenvalue weighted by Gasteiger charge is 2.27. The van der Waals surface area contributed by atoms with Crippen LogP contribution >= 0.6 is 0 Å². The Morgan fingerprint density at radius 3 is 1.83 bits per heavy atom. The number of hydrogen-bond acceptors (Lipinski definition) is 5. The number of nitrogens with one attached hydrogen (secondary N) is 1. The maximum Gasteiger partial charge on any atom is 0.268 e. The Morgan fingerprint density at radius 1 is 0.806 bits per heavy atom. The molecule has 0 amide bonds. The summed E-state index contributed by atoms with van der Waals surface area (Å²) in [5.74, 6) is -0.317. The third-order valence-electron chi connectivity index (χ3n) is 6.27. The van der Waals surface area contributed by atoms with E-state index in [4.69, 9.17) is 0 Å². The number of aromatic nitrogens is 1. The Labute approximate surface area is 211 Å². The number of carbonyl (C=O) groups is 1. The fourth-order valence-corrected chi connectivity index (χ4v) is 6.94. The van der Waals surface area contributed by atoms with Crippen molar-refractivity contribution < 1.29 is 21.6 Å². The van der Waals surface area contributed by atoms with Gasteiger partial charge >= 0.3 is 0 Å². The van der Waals surface area contributed by atoms with Crippen LogP contribution in [0, 0.1) is 6.92 Å². The molecular formula is C27H28N2O5S2. The maximum absolute atomic E-state index is 13.6. The molecule has 0 bridgehead atoms. The maximum atomic E-state index is 13.6. The van der Waals surface area contributed by atoms with Gasteiger partial charge in [-0.1, -0.05) is 38.1 Å². The molecule has 36 heavy (non-hydrogen) atoms. The molecule has 0 aliphatic heterocycles. The van der Waals surface area contributed by atoms with Gasteiger partial charge in [-0.3, -0.25) is 9.52 Å². The highest BCUT2D eigenvalue weighted by Crippen LogP contribution is 2.33. The van der Waals surface area contributed by atoms with Gasteiger partial charge in [0.15, 0.2) is 5.78 Å². The van der Waals surface area contributed by atoms with Gasteiger partial charge < -0.3 is 0 Å². The molecule has 0 saturated carbocycles. The molecule has 188 valence electrons. The first kappa shape index (κ1) is 25.7. The van der Waals surface area contributed by atoms with Crippen molar-refractivity contribution in [2.24, 2.45) is 0 Å². The van der Waals surface area contributed by atoms with Gasteiger partial charge in [-0.2, -0.15) is 0 Å². The third kappa shape index (κ3) is 4.56. The average molecular weight is 525 g/mol. The van der Waals surface area contributed by atoms with Crippen molar-refractivity contribution in [1.29, 1.82) is 0 Å². The minimum absolute atomic E-state index is 0.107. The summed E-state index contributed by atoms with van der Waals surface area (Å²) in [5, 5.41) is 0.357. The minimum atomic E-state index is -4.01. The number of anilines is 1. The first-order valence-electron chi connectivity index (χ1n) is 11.6. The molecule has 4 rings (SSSR count). The lowest BCUT2D eigenvalue weighted by molar-refractivity contribution is 0.101. The smallest absolute Gasteiger partial charge is 0.268 e. The molecular weight excluding hydrogens is 496 g/mol. The van der Waals surface area contributed by atoms with E-state index in [0.29, 0.717) is 10.9 Å². The molecule has 0 unspecified atom stereocenters. The Bertz CT molecular complexity index is 1670. The Kier molecular flexibility index (Phi) is 6.81. The van der Waals surface area contributed by atoms with Gasteiger partial charge in [-0.25, -0.2) is 20.8 Å². The number of nitrogens with zero attached hydrogens (tertiary/aromatic N) is 1. The number of fused-ring (bicyclic) bond motifs is 1. The summed E-state index contributed by atoms with van der Waals surface area (Å²) in [6, 6.07) is 17.7. The van der Waals surface area contributed by atoms with E-state index < -0.39 is 20.0 Å². The molecule has 0 saturated heterocycles. The van der Waals surface area contributed by atoms with Gasteiger partial charge in [0.1, 0.15) is 0 Å². The van der Waals surface area contributed by atoms with Crippen LogP contribution in [0.15, 0.2) is 76.5 Å². The van der Waals surface area contributed by atoms with E-state index >= 15 is 0 Å². The van der Waals surface area contributed by atoms with Crippen molar-refractivity contribution >= 4 is 42.4 Å². The summed E-state index contributed by atoms with van der Waals surface area (Å²) in [6.07, 6.45) is 1.57.